The van der Waals surface area contributed by atoms with Gasteiger partial charge in [-0.2, -0.15) is 0 Å². The molecule has 8 heteroatoms. The van der Waals surface area contributed by atoms with Crippen LogP contribution in [0.15, 0.2) is 72.8 Å². The van der Waals surface area contributed by atoms with E-state index in [2.05, 4.69) is 6.92 Å². The van der Waals surface area contributed by atoms with E-state index in [1.54, 1.807) is 36.4 Å². The van der Waals surface area contributed by atoms with Crippen LogP contribution in [-0.2, 0) is 21.0 Å². The number of esters is 3. The van der Waals surface area contributed by atoms with Gasteiger partial charge >= 0.3 is 17.9 Å². The number of aliphatic hydroxyl groups excluding tert-OH is 1. The highest BCUT2D eigenvalue weighted by Crippen LogP contribution is 2.33. The lowest BCUT2D eigenvalue weighted by Gasteiger charge is -2.16. The molecule has 0 spiro atoms. The second-order valence-corrected chi connectivity index (χ2v) is 11.2. The fourth-order valence-electron chi connectivity index (χ4n) is 4.87. The van der Waals surface area contributed by atoms with Crippen molar-refractivity contribution in [3.8, 4) is 23.0 Å². The maximum Gasteiger partial charge on any atom is 0.311 e. The van der Waals surface area contributed by atoms with Crippen molar-refractivity contribution < 1.29 is 38.4 Å². The van der Waals surface area contributed by atoms with Crippen LogP contribution in [0.2, 0.25) is 0 Å². The fourth-order valence-corrected chi connectivity index (χ4v) is 4.87. The Bertz CT molecular complexity index is 1430. The van der Waals surface area contributed by atoms with Gasteiger partial charge in [-0.1, -0.05) is 101 Å². The zero-order valence-corrected chi connectivity index (χ0v) is 27.2. The number of rotatable bonds is 19. The topological polar surface area (TPSA) is 108 Å². The van der Waals surface area contributed by atoms with Gasteiger partial charge in [0.1, 0.15) is 35.7 Å². The predicted molar refractivity (Wildman–Crippen MR) is 178 cm³/mol. The number of hydrogen-bond donors (Lipinski definition) is 1. The molecule has 3 aromatic carbocycles. The smallest absolute Gasteiger partial charge is 0.311 e. The molecule has 0 aliphatic rings. The number of hydrogen-bond acceptors (Lipinski definition) is 8. The molecule has 1 N–H and O–H groups in total. The number of unbranched alkanes of at least 4 members (excludes halogenated alkanes) is 8. The Kier molecular flexibility index (Phi) is 15.6. The monoisotopic (exact) mass is 630 g/mol. The lowest BCUT2D eigenvalue weighted by molar-refractivity contribution is -0.135. The summed E-state index contributed by atoms with van der Waals surface area (Å²) in [6.07, 6.45) is 12.8. The van der Waals surface area contributed by atoms with E-state index in [-0.39, 0.29) is 24.1 Å². The van der Waals surface area contributed by atoms with Crippen LogP contribution in [0.5, 0.6) is 23.0 Å². The Labute approximate surface area is 272 Å². The zero-order valence-electron chi connectivity index (χ0n) is 27.2. The lowest BCUT2D eigenvalue weighted by atomic mass is 10.1. The molecule has 0 aliphatic heterocycles. The molecule has 3 rings (SSSR count). The molecular weight excluding hydrogens is 584 g/mol. The molecule has 46 heavy (non-hydrogen) atoms. The maximum absolute atomic E-state index is 12.6. The highest BCUT2D eigenvalue weighted by atomic mass is 16.5. The summed E-state index contributed by atoms with van der Waals surface area (Å²) >= 11 is 0. The lowest BCUT2D eigenvalue weighted by Crippen LogP contribution is -2.08. The van der Waals surface area contributed by atoms with E-state index in [9.17, 15) is 19.5 Å². The van der Waals surface area contributed by atoms with Crippen molar-refractivity contribution >= 4 is 24.0 Å². The molecule has 0 fully saturated rings. The fraction of sp³-hybridized carbons (Fsp3) is 0.395. The minimum absolute atomic E-state index is 0.171. The molecule has 246 valence electrons. The molecule has 0 saturated heterocycles. The predicted octanol–water partition coefficient (Wildman–Crippen LogP) is 8.69. The molecule has 0 bridgehead atoms. The van der Waals surface area contributed by atoms with E-state index in [1.165, 1.54) is 64.5 Å². The van der Waals surface area contributed by atoms with Gasteiger partial charge in [0.05, 0.1) is 0 Å². The number of aliphatic hydroxyl groups is 1. The number of ether oxygens (including phenoxy) is 4. The van der Waals surface area contributed by atoms with E-state index in [0.29, 0.717) is 29.0 Å². The highest BCUT2D eigenvalue weighted by molar-refractivity contribution is 5.74. The molecule has 1 unspecified atom stereocenters. The van der Waals surface area contributed by atoms with Crippen LogP contribution in [0, 0.1) is 0 Å². The maximum atomic E-state index is 12.6. The quantitative estimate of drug-likeness (QED) is 0.0796. The summed E-state index contributed by atoms with van der Waals surface area (Å²) in [5, 5.41) is 11.2. The molecule has 0 aromatic heterocycles. The third-order valence-corrected chi connectivity index (χ3v) is 7.22. The molecule has 8 nitrogen and oxygen atoms in total. The number of benzene rings is 3. The van der Waals surface area contributed by atoms with Gasteiger partial charge in [-0.05, 0) is 36.2 Å². The summed E-state index contributed by atoms with van der Waals surface area (Å²) in [6, 6.07) is 19.1. The molecule has 1 atom stereocenters. The third-order valence-electron chi connectivity index (χ3n) is 7.22. The first-order chi connectivity index (χ1) is 22.2. The van der Waals surface area contributed by atoms with Gasteiger partial charge in [-0.25, -0.2) is 0 Å². The van der Waals surface area contributed by atoms with Gasteiger partial charge < -0.3 is 24.1 Å². The van der Waals surface area contributed by atoms with Crippen LogP contribution in [0.1, 0.15) is 108 Å². The third kappa shape index (κ3) is 13.3. The van der Waals surface area contributed by atoms with Crippen molar-refractivity contribution in [3.63, 3.8) is 0 Å². The summed E-state index contributed by atoms with van der Waals surface area (Å²) < 4.78 is 22.1. The van der Waals surface area contributed by atoms with Gasteiger partial charge in [-0.15, -0.1) is 0 Å². The molecule has 0 heterocycles. The van der Waals surface area contributed by atoms with Crippen molar-refractivity contribution in [1.82, 2.24) is 0 Å². The standard InChI is InChI=1S/C38H46O8/c1-4-5-6-7-8-9-10-11-15-18-38(42)46-33-22-23-34(37(26-33)43-27-30-16-13-12-14-17-30)35(41)24-20-31-19-21-32(44-28(2)39)25-36(31)45-29(3)40/h12-14,16-17,19-26,35,41H,4-11,15,18,27H2,1-3H3. The Morgan fingerprint density at radius 3 is 2.00 bits per heavy atom. The molecule has 0 aliphatic carbocycles. The van der Waals surface area contributed by atoms with Gasteiger partial charge in [0.15, 0.2) is 0 Å². The summed E-state index contributed by atoms with van der Waals surface area (Å²) in [6.45, 7) is 5.00. The second-order valence-electron chi connectivity index (χ2n) is 11.2. The van der Waals surface area contributed by atoms with Gasteiger partial charge in [0.25, 0.3) is 0 Å². The number of carbonyl (C=O) groups excluding carboxylic acids is 3. The summed E-state index contributed by atoms with van der Waals surface area (Å²) in [7, 11) is 0. The van der Waals surface area contributed by atoms with E-state index in [1.807, 2.05) is 30.3 Å². The van der Waals surface area contributed by atoms with Crippen molar-refractivity contribution in [2.24, 2.45) is 0 Å². The van der Waals surface area contributed by atoms with E-state index < -0.39 is 18.0 Å². The summed E-state index contributed by atoms with van der Waals surface area (Å²) in [4.78, 5) is 35.6. The van der Waals surface area contributed by atoms with E-state index in [0.717, 1.165) is 24.8 Å². The molecule has 0 radical (unpaired) electrons. The van der Waals surface area contributed by atoms with Crippen LogP contribution in [0.25, 0.3) is 6.08 Å². The zero-order chi connectivity index (χ0) is 33.1. The van der Waals surface area contributed by atoms with Gasteiger partial charge in [-0.3, -0.25) is 14.4 Å². The van der Waals surface area contributed by atoms with Crippen LogP contribution >= 0.6 is 0 Å². The van der Waals surface area contributed by atoms with E-state index in [4.69, 9.17) is 18.9 Å². The van der Waals surface area contributed by atoms with Crippen LogP contribution in [0.4, 0.5) is 0 Å². The Morgan fingerprint density at radius 1 is 0.717 bits per heavy atom. The first-order valence-corrected chi connectivity index (χ1v) is 16.1. The number of carbonyl (C=O) groups is 3. The van der Waals surface area contributed by atoms with Crippen molar-refractivity contribution in [3.05, 3.63) is 89.5 Å². The van der Waals surface area contributed by atoms with Crippen molar-refractivity contribution in [2.45, 2.75) is 97.7 Å². The SMILES string of the molecule is CCCCCCCCCCCC(=O)Oc1ccc(C(O)C=Cc2ccc(OC(C)=O)cc2OC(C)=O)c(OCc2ccccc2)c1. The Balaban J connectivity index is 1.69. The summed E-state index contributed by atoms with van der Waals surface area (Å²) in [5.74, 6) is -0.268. The average molecular weight is 631 g/mol. The second kappa shape index (κ2) is 19.9. The summed E-state index contributed by atoms with van der Waals surface area (Å²) in [5.41, 5.74) is 1.88. The normalized spacial score (nSPS) is 11.7. The highest BCUT2D eigenvalue weighted by Gasteiger charge is 2.16. The van der Waals surface area contributed by atoms with E-state index >= 15 is 0 Å². The first-order valence-electron chi connectivity index (χ1n) is 16.1. The average Bonchev–Trinajstić information content (AvgIpc) is 3.02. The van der Waals surface area contributed by atoms with Gasteiger partial charge in [0.2, 0.25) is 0 Å². The largest absolute Gasteiger partial charge is 0.488 e. The van der Waals surface area contributed by atoms with Crippen LogP contribution in [0.3, 0.4) is 0 Å². The molecular formula is C38H46O8. The molecule has 0 saturated carbocycles. The van der Waals surface area contributed by atoms with Crippen molar-refractivity contribution in [1.29, 1.82) is 0 Å². The Morgan fingerprint density at radius 2 is 1.33 bits per heavy atom. The molecule has 0 amide bonds. The minimum atomic E-state index is -1.11. The first kappa shape index (κ1) is 36.0. The molecule has 3 aromatic rings. The van der Waals surface area contributed by atoms with Crippen LogP contribution in [-0.4, -0.2) is 23.0 Å². The Hall–Kier alpha value is -4.43. The van der Waals surface area contributed by atoms with Crippen molar-refractivity contribution in [2.75, 3.05) is 0 Å². The minimum Gasteiger partial charge on any atom is -0.488 e. The van der Waals surface area contributed by atoms with Crippen LogP contribution < -0.4 is 18.9 Å². The van der Waals surface area contributed by atoms with Gasteiger partial charge in [0, 0.05) is 43.5 Å².